The van der Waals surface area contributed by atoms with Gasteiger partial charge in [0.2, 0.25) is 0 Å². The molecule has 18 heavy (non-hydrogen) atoms. The van der Waals surface area contributed by atoms with Crippen molar-refractivity contribution in [2.45, 2.75) is 44.2 Å². The van der Waals surface area contributed by atoms with Gasteiger partial charge in [-0.2, -0.15) is 5.10 Å². The minimum absolute atomic E-state index is 0.105. The zero-order valence-corrected chi connectivity index (χ0v) is 11.1. The molecule has 2 saturated heterocycles. The zero-order chi connectivity index (χ0) is 12.4. The van der Waals surface area contributed by atoms with Crippen LogP contribution in [0.4, 0.5) is 0 Å². The topological polar surface area (TPSA) is 39.1 Å². The molecule has 2 atom stereocenters. The molecule has 3 heterocycles. The summed E-state index contributed by atoms with van der Waals surface area (Å²) >= 11 is 0. The molecule has 1 spiro atoms. The summed E-state index contributed by atoms with van der Waals surface area (Å²) < 4.78 is 8.41. The highest BCUT2D eigenvalue weighted by Gasteiger charge is 2.42. The molecule has 4 nitrogen and oxygen atoms in total. The van der Waals surface area contributed by atoms with Crippen molar-refractivity contribution in [2.24, 2.45) is 5.92 Å². The van der Waals surface area contributed by atoms with Crippen LogP contribution in [0, 0.1) is 5.92 Å². The molecule has 0 saturated carbocycles. The lowest BCUT2D eigenvalue weighted by molar-refractivity contribution is -0.136. The van der Waals surface area contributed by atoms with Gasteiger partial charge in [-0.25, -0.2) is 0 Å². The number of nitrogens with zero attached hydrogens (tertiary/aromatic N) is 2. The van der Waals surface area contributed by atoms with Crippen LogP contribution in [0.15, 0.2) is 18.5 Å². The fraction of sp³-hybridized carbons (Fsp3) is 0.786. The molecule has 2 unspecified atom stereocenters. The summed E-state index contributed by atoms with van der Waals surface area (Å²) in [5.74, 6) is 0.602. The third kappa shape index (κ3) is 2.19. The van der Waals surface area contributed by atoms with Crippen molar-refractivity contribution in [3.8, 4) is 0 Å². The van der Waals surface area contributed by atoms with E-state index in [2.05, 4.69) is 28.2 Å². The number of rotatable bonds is 2. The molecule has 2 aliphatic rings. The fourth-order valence-corrected chi connectivity index (χ4v) is 3.41. The first-order valence-electron chi connectivity index (χ1n) is 7.17. The summed E-state index contributed by atoms with van der Waals surface area (Å²) in [4.78, 5) is 0. The van der Waals surface area contributed by atoms with Crippen LogP contribution in [0.5, 0.6) is 0 Å². The largest absolute Gasteiger partial charge is 0.374 e. The highest BCUT2D eigenvalue weighted by Crippen LogP contribution is 2.41. The summed E-state index contributed by atoms with van der Waals surface area (Å²) in [7, 11) is 0. The second-order valence-corrected chi connectivity index (χ2v) is 5.67. The molecular weight excluding hydrogens is 226 g/mol. The molecule has 0 bridgehead atoms. The molecule has 1 aromatic heterocycles. The van der Waals surface area contributed by atoms with Gasteiger partial charge in [-0.15, -0.1) is 0 Å². The molecule has 2 aliphatic heterocycles. The van der Waals surface area contributed by atoms with Gasteiger partial charge >= 0.3 is 0 Å². The van der Waals surface area contributed by atoms with Crippen LogP contribution in [0.1, 0.15) is 38.6 Å². The Kier molecular flexibility index (Phi) is 3.39. The molecule has 100 valence electrons. The number of hydrogen-bond acceptors (Lipinski definition) is 3. The summed E-state index contributed by atoms with van der Waals surface area (Å²) in [6.45, 7) is 5.32. The lowest BCUT2D eigenvalue weighted by Gasteiger charge is -2.46. The molecule has 1 aromatic rings. The standard InChI is InChI=1S/C14H23N3O/c1-2-12-11-18-14(4-7-15-8-5-14)10-13(12)17-9-3-6-16-17/h3,6,9,12-13,15H,2,4-5,7-8,10-11H2,1H3. The van der Waals surface area contributed by atoms with E-state index >= 15 is 0 Å². The van der Waals surface area contributed by atoms with Gasteiger partial charge in [-0.1, -0.05) is 6.92 Å². The Hall–Kier alpha value is -0.870. The lowest BCUT2D eigenvalue weighted by Crippen LogP contribution is -2.50. The van der Waals surface area contributed by atoms with Gasteiger partial charge in [-0.05, 0) is 44.8 Å². The first-order valence-corrected chi connectivity index (χ1v) is 7.17. The van der Waals surface area contributed by atoms with Gasteiger partial charge < -0.3 is 10.1 Å². The maximum atomic E-state index is 6.26. The van der Waals surface area contributed by atoms with Crippen LogP contribution in [0.2, 0.25) is 0 Å². The van der Waals surface area contributed by atoms with Gasteiger partial charge in [0.25, 0.3) is 0 Å². The number of piperidine rings is 1. The van der Waals surface area contributed by atoms with E-state index in [1.165, 1.54) is 6.42 Å². The van der Waals surface area contributed by atoms with Crippen molar-refractivity contribution < 1.29 is 4.74 Å². The smallest absolute Gasteiger partial charge is 0.0727 e. The van der Waals surface area contributed by atoms with Crippen LogP contribution in [0.3, 0.4) is 0 Å². The molecule has 4 heteroatoms. The van der Waals surface area contributed by atoms with Gasteiger partial charge in [0, 0.05) is 18.3 Å². The van der Waals surface area contributed by atoms with E-state index < -0.39 is 0 Å². The Bertz CT molecular complexity index is 370. The molecule has 3 rings (SSSR count). The fourth-order valence-electron chi connectivity index (χ4n) is 3.41. The lowest BCUT2D eigenvalue weighted by atomic mass is 9.78. The van der Waals surface area contributed by atoms with Crippen molar-refractivity contribution in [2.75, 3.05) is 19.7 Å². The number of hydrogen-bond donors (Lipinski definition) is 1. The minimum atomic E-state index is 0.105. The Balaban J connectivity index is 1.80. The van der Waals surface area contributed by atoms with Crippen LogP contribution < -0.4 is 5.32 Å². The van der Waals surface area contributed by atoms with Gasteiger partial charge in [0.1, 0.15) is 0 Å². The first kappa shape index (κ1) is 12.2. The summed E-state index contributed by atoms with van der Waals surface area (Å²) in [6.07, 6.45) is 8.56. The average Bonchev–Trinajstić information content (AvgIpc) is 2.93. The van der Waals surface area contributed by atoms with Crippen LogP contribution in [-0.2, 0) is 4.74 Å². The van der Waals surface area contributed by atoms with E-state index in [4.69, 9.17) is 4.74 Å². The predicted molar refractivity (Wildman–Crippen MR) is 70.4 cm³/mol. The molecule has 0 radical (unpaired) electrons. The summed E-state index contributed by atoms with van der Waals surface area (Å²) in [5.41, 5.74) is 0.105. The second-order valence-electron chi connectivity index (χ2n) is 5.67. The molecule has 0 aliphatic carbocycles. The average molecular weight is 249 g/mol. The highest BCUT2D eigenvalue weighted by molar-refractivity contribution is 4.96. The van der Waals surface area contributed by atoms with Crippen LogP contribution in [-0.4, -0.2) is 35.1 Å². The van der Waals surface area contributed by atoms with E-state index in [1.807, 2.05) is 12.3 Å². The summed E-state index contributed by atoms with van der Waals surface area (Å²) in [5, 5.41) is 7.89. The Morgan fingerprint density at radius 3 is 2.94 bits per heavy atom. The van der Waals surface area contributed by atoms with E-state index in [0.29, 0.717) is 12.0 Å². The molecular formula is C14H23N3O. The van der Waals surface area contributed by atoms with Gasteiger partial charge in [-0.3, -0.25) is 4.68 Å². The van der Waals surface area contributed by atoms with E-state index in [1.54, 1.807) is 0 Å². The van der Waals surface area contributed by atoms with E-state index in [0.717, 1.165) is 39.0 Å². The Morgan fingerprint density at radius 2 is 2.28 bits per heavy atom. The van der Waals surface area contributed by atoms with Crippen molar-refractivity contribution in [1.82, 2.24) is 15.1 Å². The third-order valence-corrected chi connectivity index (χ3v) is 4.63. The number of ether oxygens (including phenoxy) is 1. The van der Waals surface area contributed by atoms with Gasteiger partial charge in [0.05, 0.1) is 18.2 Å². The predicted octanol–water partition coefficient (Wildman–Crippen LogP) is 1.99. The van der Waals surface area contributed by atoms with Crippen molar-refractivity contribution in [1.29, 1.82) is 0 Å². The van der Waals surface area contributed by atoms with Crippen molar-refractivity contribution >= 4 is 0 Å². The highest BCUT2D eigenvalue weighted by atomic mass is 16.5. The van der Waals surface area contributed by atoms with Crippen molar-refractivity contribution in [3.05, 3.63) is 18.5 Å². The first-order chi connectivity index (χ1) is 8.83. The molecule has 2 fully saturated rings. The maximum Gasteiger partial charge on any atom is 0.0727 e. The van der Waals surface area contributed by atoms with Crippen LogP contribution in [0.25, 0.3) is 0 Å². The maximum absolute atomic E-state index is 6.26. The van der Waals surface area contributed by atoms with E-state index in [-0.39, 0.29) is 5.60 Å². The molecule has 1 N–H and O–H groups in total. The Labute approximate surface area is 109 Å². The SMILES string of the molecule is CCC1COC2(CCNCC2)CC1n1cccn1. The number of aromatic nitrogens is 2. The van der Waals surface area contributed by atoms with Crippen LogP contribution >= 0.6 is 0 Å². The normalized spacial score (nSPS) is 31.6. The summed E-state index contributed by atoms with van der Waals surface area (Å²) in [6, 6.07) is 2.54. The Morgan fingerprint density at radius 1 is 1.44 bits per heavy atom. The molecule has 0 aromatic carbocycles. The van der Waals surface area contributed by atoms with Crippen molar-refractivity contribution in [3.63, 3.8) is 0 Å². The minimum Gasteiger partial charge on any atom is -0.374 e. The number of nitrogens with one attached hydrogen (secondary N) is 1. The van der Waals surface area contributed by atoms with E-state index in [9.17, 15) is 0 Å². The second kappa shape index (κ2) is 5.02. The third-order valence-electron chi connectivity index (χ3n) is 4.63. The monoisotopic (exact) mass is 249 g/mol. The van der Waals surface area contributed by atoms with Gasteiger partial charge in [0.15, 0.2) is 0 Å². The quantitative estimate of drug-likeness (QED) is 0.871. The molecule has 0 amide bonds. The zero-order valence-electron chi connectivity index (χ0n) is 11.1.